The van der Waals surface area contributed by atoms with E-state index in [9.17, 15) is 14.4 Å². The number of thiophene rings is 1. The minimum atomic E-state index is -0.307. The molecular formula is C19H21N3O4S. The summed E-state index contributed by atoms with van der Waals surface area (Å²) < 4.78 is 5.12. The fourth-order valence-electron chi connectivity index (χ4n) is 2.47. The third kappa shape index (κ3) is 5.07. The minimum absolute atomic E-state index is 0.00173. The van der Waals surface area contributed by atoms with Gasteiger partial charge < -0.3 is 20.3 Å². The smallest absolute Gasteiger partial charge is 0.264 e. The lowest BCUT2D eigenvalue weighted by Crippen LogP contribution is -2.34. The second kappa shape index (κ2) is 8.22. The van der Waals surface area contributed by atoms with Crippen LogP contribution in [0.3, 0.4) is 0 Å². The molecule has 0 unspecified atom stereocenters. The quantitative estimate of drug-likeness (QED) is 0.765. The van der Waals surface area contributed by atoms with Gasteiger partial charge in [-0.3, -0.25) is 14.4 Å². The first-order chi connectivity index (χ1) is 13.0. The van der Waals surface area contributed by atoms with Gasteiger partial charge in [0.2, 0.25) is 11.8 Å². The largest absolute Gasteiger partial charge is 0.497 e. The highest BCUT2D eigenvalue weighted by molar-refractivity contribution is 7.18. The summed E-state index contributed by atoms with van der Waals surface area (Å²) in [6.07, 6.45) is 1.85. The number of hydrogen-bond donors (Lipinski definition) is 2. The SMILES string of the molecule is COc1cccc(NC(=O)CN(C)C(=O)c2ccc(NC(=O)C3CC3)s2)c1. The first-order valence-electron chi connectivity index (χ1n) is 8.56. The number of carbonyl (C=O) groups excluding carboxylic acids is 3. The summed E-state index contributed by atoms with van der Waals surface area (Å²) in [5.41, 5.74) is 0.599. The number of methoxy groups -OCH3 is 1. The number of ether oxygens (including phenoxy) is 1. The molecule has 1 aromatic heterocycles. The van der Waals surface area contributed by atoms with Gasteiger partial charge in [0.15, 0.2) is 0 Å². The van der Waals surface area contributed by atoms with Crippen LogP contribution in [0.25, 0.3) is 0 Å². The van der Waals surface area contributed by atoms with Crippen molar-refractivity contribution in [2.45, 2.75) is 12.8 Å². The van der Waals surface area contributed by atoms with Gasteiger partial charge in [-0.05, 0) is 37.1 Å². The minimum Gasteiger partial charge on any atom is -0.497 e. The van der Waals surface area contributed by atoms with Crippen LogP contribution in [0.4, 0.5) is 10.7 Å². The third-order valence-electron chi connectivity index (χ3n) is 4.09. The van der Waals surface area contributed by atoms with E-state index < -0.39 is 0 Å². The number of amides is 3. The lowest BCUT2D eigenvalue weighted by atomic mass is 10.3. The van der Waals surface area contributed by atoms with Crippen LogP contribution < -0.4 is 15.4 Å². The second-order valence-corrected chi connectivity index (χ2v) is 7.45. The van der Waals surface area contributed by atoms with E-state index in [1.54, 1.807) is 50.6 Å². The average molecular weight is 387 g/mol. The standard InChI is InChI=1S/C19H21N3O4S/c1-22(11-16(23)20-13-4-3-5-14(10-13)26-2)19(25)15-8-9-17(27-15)21-18(24)12-6-7-12/h3-5,8-10,12H,6-7,11H2,1-2H3,(H,20,23)(H,21,24). The van der Waals surface area contributed by atoms with E-state index in [1.807, 2.05) is 0 Å². The molecule has 1 aliphatic rings. The molecule has 27 heavy (non-hydrogen) atoms. The van der Waals surface area contributed by atoms with Crippen molar-refractivity contribution in [1.82, 2.24) is 4.90 Å². The van der Waals surface area contributed by atoms with Gasteiger partial charge in [-0.15, -0.1) is 11.3 Å². The molecule has 3 amide bonds. The van der Waals surface area contributed by atoms with Gasteiger partial charge in [0.25, 0.3) is 5.91 Å². The van der Waals surface area contributed by atoms with Crippen LogP contribution in [-0.4, -0.2) is 43.3 Å². The van der Waals surface area contributed by atoms with Gasteiger partial charge in [0.1, 0.15) is 5.75 Å². The van der Waals surface area contributed by atoms with E-state index in [2.05, 4.69) is 10.6 Å². The Labute approximate surface area is 161 Å². The van der Waals surface area contributed by atoms with Gasteiger partial charge in [0, 0.05) is 24.7 Å². The Morgan fingerprint density at radius 3 is 2.67 bits per heavy atom. The summed E-state index contributed by atoms with van der Waals surface area (Å²) >= 11 is 1.21. The molecule has 142 valence electrons. The molecule has 2 aromatic rings. The van der Waals surface area contributed by atoms with E-state index in [1.165, 1.54) is 16.2 Å². The monoisotopic (exact) mass is 387 g/mol. The maximum Gasteiger partial charge on any atom is 0.264 e. The number of hydrogen-bond acceptors (Lipinski definition) is 5. The number of nitrogens with zero attached hydrogens (tertiary/aromatic N) is 1. The zero-order valence-corrected chi connectivity index (χ0v) is 16.0. The van der Waals surface area contributed by atoms with Crippen molar-refractivity contribution >= 4 is 39.7 Å². The van der Waals surface area contributed by atoms with E-state index in [0.717, 1.165) is 12.8 Å². The summed E-state index contributed by atoms with van der Waals surface area (Å²) in [5.74, 6) is 0.165. The van der Waals surface area contributed by atoms with Gasteiger partial charge in [-0.25, -0.2) is 0 Å². The van der Waals surface area contributed by atoms with Crippen molar-refractivity contribution in [1.29, 1.82) is 0 Å². The lowest BCUT2D eigenvalue weighted by Gasteiger charge is -2.16. The first kappa shape index (κ1) is 18.9. The fourth-order valence-corrected chi connectivity index (χ4v) is 3.37. The van der Waals surface area contributed by atoms with Crippen molar-refractivity contribution < 1.29 is 19.1 Å². The molecule has 2 N–H and O–H groups in total. The van der Waals surface area contributed by atoms with Crippen LogP contribution in [0.2, 0.25) is 0 Å². The summed E-state index contributed by atoms with van der Waals surface area (Å²) in [6.45, 7) is -0.0856. The van der Waals surface area contributed by atoms with Crippen molar-refractivity contribution in [2.75, 3.05) is 31.3 Å². The highest BCUT2D eigenvalue weighted by Gasteiger charge is 2.30. The molecule has 1 aromatic carbocycles. The van der Waals surface area contributed by atoms with E-state index in [-0.39, 0.29) is 30.2 Å². The highest BCUT2D eigenvalue weighted by atomic mass is 32.1. The summed E-state index contributed by atoms with van der Waals surface area (Å²) in [5, 5.41) is 6.20. The molecule has 0 spiro atoms. The molecule has 1 saturated carbocycles. The molecular weight excluding hydrogens is 366 g/mol. The van der Waals surface area contributed by atoms with Gasteiger partial charge >= 0.3 is 0 Å². The molecule has 0 atom stereocenters. The van der Waals surface area contributed by atoms with Crippen molar-refractivity contribution in [3.8, 4) is 5.75 Å². The number of benzene rings is 1. The maximum atomic E-state index is 12.5. The van der Waals surface area contributed by atoms with Crippen LogP contribution in [0.15, 0.2) is 36.4 Å². The Hall–Kier alpha value is -2.87. The number of carbonyl (C=O) groups is 3. The van der Waals surface area contributed by atoms with Crippen LogP contribution in [0, 0.1) is 5.92 Å². The Bertz CT molecular complexity index is 860. The normalized spacial score (nSPS) is 13.0. The van der Waals surface area contributed by atoms with Crippen LogP contribution in [0.5, 0.6) is 5.75 Å². The summed E-state index contributed by atoms with van der Waals surface area (Å²) in [6, 6.07) is 10.4. The van der Waals surface area contributed by atoms with E-state index in [4.69, 9.17) is 4.74 Å². The van der Waals surface area contributed by atoms with Crippen LogP contribution in [0.1, 0.15) is 22.5 Å². The number of anilines is 2. The first-order valence-corrected chi connectivity index (χ1v) is 9.38. The second-order valence-electron chi connectivity index (χ2n) is 6.37. The Balaban J connectivity index is 1.54. The molecule has 3 rings (SSSR count). The zero-order chi connectivity index (χ0) is 19.4. The number of likely N-dealkylation sites (N-methyl/N-ethyl adjacent to an activating group) is 1. The molecule has 8 heteroatoms. The predicted molar refractivity (Wildman–Crippen MR) is 104 cm³/mol. The molecule has 0 radical (unpaired) electrons. The number of nitrogens with one attached hydrogen (secondary N) is 2. The number of rotatable bonds is 7. The molecule has 0 aliphatic heterocycles. The molecule has 1 heterocycles. The topological polar surface area (TPSA) is 87.7 Å². The van der Waals surface area contributed by atoms with Crippen molar-refractivity contribution in [2.24, 2.45) is 5.92 Å². The Kier molecular flexibility index (Phi) is 5.75. The van der Waals surface area contributed by atoms with E-state index >= 15 is 0 Å². The summed E-state index contributed by atoms with van der Waals surface area (Å²) in [7, 11) is 3.12. The molecule has 1 aliphatic carbocycles. The third-order valence-corrected chi connectivity index (χ3v) is 5.08. The predicted octanol–water partition coefficient (Wildman–Crippen LogP) is 2.82. The molecule has 0 saturated heterocycles. The summed E-state index contributed by atoms with van der Waals surface area (Å²) in [4.78, 5) is 38.3. The fraction of sp³-hybridized carbons (Fsp3) is 0.316. The Morgan fingerprint density at radius 2 is 1.96 bits per heavy atom. The van der Waals surface area contributed by atoms with Gasteiger partial charge in [-0.1, -0.05) is 6.07 Å². The van der Waals surface area contributed by atoms with Crippen molar-refractivity contribution in [3.05, 3.63) is 41.3 Å². The Morgan fingerprint density at radius 1 is 1.19 bits per heavy atom. The molecule has 1 fully saturated rings. The zero-order valence-electron chi connectivity index (χ0n) is 15.2. The lowest BCUT2D eigenvalue weighted by molar-refractivity contribution is -0.117. The highest BCUT2D eigenvalue weighted by Crippen LogP contribution is 2.31. The van der Waals surface area contributed by atoms with Crippen LogP contribution in [-0.2, 0) is 9.59 Å². The van der Waals surface area contributed by atoms with Crippen molar-refractivity contribution in [3.63, 3.8) is 0 Å². The maximum absolute atomic E-state index is 12.5. The average Bonchev–Trinajstić information content (AvgIpc) is 3.41. The van der Waals surface area contributed by atoms with Crippen LogP contribution >= 0.6 is 11.3 Å². The van der Waals surface area contributed by atoms with Gasteiger partial charge in [0.05, 0.1) is 23.5 Å². The van der Waals surface area contributed by atoms with E-state index in [0.29, 0.717) is 21.3 Å². The molecule has 0 bridgehead atoms. The molecule has 7 nitrogen and oxygen atoms in total. The van der Waals surface area contributed by atoms with Gasteiger partial charge in [-0.2, -0.15) is 0 Å².